The Hall–Kier alpha value is -0.0800. The number of hydrogen-bond donors (Lipinski definition) is 2. The van der Waals surface area contributed by atoms with E-state index in [1.165, 1.54) is 38.5 Å². The van der Waals surface area contributed by atoms with Gasteiger partial charge in [0, 0.05) is 12.0 Å². The van der Waals surface area contributed by atoms with Gasteiger partial charge in [-0.2, -0.15) is 0 Å². The molecule has 2 fully saturated rings. The van der Waals surface area contributed by atoms with Crippen LogP contribution < -0.4 is 5.73 Å². The van der Waals surface area contributed by atoms with Gasteiger partial charge in [-0.25, -0.2) is 0 Å². The second-order valence-electron chi connectivity index (χ2n) is 7.52. The van der Waals surface area contributed by atoms with Gasteiger partial charge in [0.05, 0.1) is 6.10 Å². The lowest BCUT2D eigenvalue weighted by Crippen LogP contribution is -2.53. The average Bonchev–Trinajstić information content (AvgIpc) is 2.36. The third-order valence-electron chi connectivity index (χ3n) is 5.64. The summed E-state index contributed by atoms with van der Waals surface area (Å²) in [4.78, 5) is 0. The highest BCUT2D eigenvalue weighted by Crippen LogP contribution is 2.50. The molecule has 2 aliphatic rings. The Balaban J connectivity index is 2.08. The maximum absolute atomic E-state index is 10.8. The first kappa shape index (κ1) is 14.3. The summed E-state index contributed by atoms with van der Waals surface area (Å²) in [6.45, 7) is 5.08. The van der Waals surface area contributed by atoms with Gasteiger partial charge in [-0.15, -0.1) is 0 Å². The Morgan fingerprint density at radius 1 is 1.06 bits per heavy atom. The molecule has 2 nitrogen and oxygen atoms in total. The van der Waals surface area contributed by atoms with E-state index in [-0.39, 0.29) is 16.9 Å². The van der Waals surface area contributed by atoms with Crippen LogP contribution >= 0.6 is 0 Å². The van der Waals surface area contributed by atoms with E-state index in [1.54, 1.807) is 0 Å². The summed E-state index contributed by atoms with van der Waals surface area (Å²) in [5.74, 6) is 0.811. The second-order valence-corrected chi connectivity index (χ2v) is 7.52. The second kappa shape index (κ2) is 5.50. The van der Waals surface area contributed by atoms with Crippen LogP contribution in [0.1, 0.15) is 71.6 Å². The van der Waals surface area contributed by atoms with Crippen molar-refractivity contribution in [3.05, 3.63) is 0 Å². The highest BCUT2D eigenvalue weighted by Gasteiger charge is 2.48. The maximum Gasteiger partial charge on any atom is 0.0659 e. The lowest BCUT2D eigenvalue weighted by molar-refractivity contribution is -0.100. The van der Waals surface area contributed by atoms with Gasteiger partial charge in [0.2, 0.25) is 0 Å². The lowest BCUT2D eigenvalue weighted by Gasteiger charge is -2.51. The van der Waals surface area contributed by atoms with E-state index in [0.717, 1.165) is 25.2 Å². The molecule has 0 spiro atoms. The van der Waals surface area contributed by atoms with Gasteiger partial charge in [0.25, 0.3) is 0 Å². The number of aliphatic hydroxyl groups is 1. The van der Waals surface area contributed by atoms with Gasteiger partial charge in [-0.3, -0.25) is 0 Å². The number of rotatable bonds is 3. The Labute approximate surface area is 112 Å². The Morgan fingerprint density at radius 2 is 1.72 bits per heavy atom. The predicted octanol–water partition coefficient (Wildman–Crippen LogP) is 3.47. The zero-order valence-corrected chi connectivity index (χ0v) is 12.3. The molecule has 18 heavy (non-hydrogen) atoms. The molecule has 106 valence electrons. The van der Waals surface area contributed by atoms with Crippen LogP contribution in [0.5, 0.6) is 0 Å². The molecule has 0 bridgehead atoms. The highest BCUT2D eigenvalue weighted by molar-refractivity contribution is 4.99. The zero-order chi connectivity index (χ0) is 13.2. The topological polar surface area (TPSA) is 46.2 Å². The molecule has 0 aromatic carbocycles. The van der Waals surface area contributed by atoms with Crippen molar-refractivity contribution >= 4 is 0 Å². The van der Waals surface area contributed by atoms with Crippen molar-refractivity contribution in [2.45, 2.75) is 77.7 Å². The Kier molecular flexibility index (Phi) is 4.38. The lowest BCUT2D eigenvalue weighted by atomic mass is 9.57. The largest absolute Gasteiger partial charge is 0.392 e. The van der Waals surface area contributed by atoms with Crippen molar-refractivity contribution in [2.75, 3.05) is 6.54 Å². The third kappa shape index (κ3) is 2.75. The van der Waals surface area contributed by atoms with E-state index in [0.29, 0.717) is 6.54 Å². The predicted molar refractivity (Wildman–Crippen MR) is 76.3 cm³/mol. The molecule has 2 rings (SSSR count). The molecule has 2 aliphatic carbocycles. The van der Waals surface area contributed by atoms with E-state index in [1.807, 2.05) is 0 Å². The monoisotopic (exact) mass is 253 g/mol. The molecular formula is C16H31NO. The van der Waals surface area contributed by atoms with Gasteiger partial charge in [-0.05, 0) is 30.6 Å². The van der Waals surface area contributed by atoms with E-state index < -0.39 is 0 Å². The molecular weight excluding hydrogens is 222 g/mol. The summed E-state index contributed by atoms with van der Waals surface area (Å²) < 4.78 is 0. The molecule has 2 heteroatoms. The SMILES string of the molecule is CC1(C)CCCC(CN)(CC2CCCCC2)C1O. The van der Waals surface area contributed by atoms with E-state index in [2.05, 4.69) is 13.8 Å². The fraction of sp³-hybridized carbons (Fsp3) is 1.00. The van der Waals surface area contributed by atoms with Crippen LogP contribution in [0, 0.1) is 16.7 Å². The van der Waals surface area contributed by atoms with Gasteiger partial charge >= 0.3 is 0 Å². The van der Waals surface area contributed by atoms with Crippen LogP contribution in [-0.4, -0.2) is 17.8 Å². The highest BCUT2D eigenvalue weighted by atomic mass is 16.3. The van der Waals surface area contributed by atoms with Crippen LogP contribution in [0.25, 0.3) is 0 Å². The minimum Gasteiger partial charge on any atom is -0.392 e. The molecule has 0 aromatic rings. The van der Waals surface area contributed by atoms with E-state index >= 15 is 0 Å². The molecule has 2 saturated carbocycles. The summed E-state index contributed by atoms with van der Waals surface area (Å²) in [6, 6.07) is 0. The molecule has 0 aliphatic heterocycles. The number of hydrogen-bond acceptors (Lipinski definition) is 2. The minimum atomic E-state index is -0.217. The Morgan fingerprint density at radius 3 is 2.33 bits per heavy atom. The summed E-state index contributed by atoms with van der Waals surface area (Å²) in [7, 11) is 0. The van der Waals surface area contributed by atoms with Crippen LogP contribution in [0.2, 0.25) is 0 Å². The van der Waals surface area contributed by atoms with Crippen molar-refractivity contribution in [1.82, 2.24) is 0 Å². The summed E-state index contributed by atoms with van der Waals surface area (Å²) in [6.07, 6.45) is 11.3. The summed E-state index contributed by atoms with van der Waals surface area (Å²) >= 11 is 0. The van der Waals surface area contributed by atoms with Crippen molar-refractivity contribution in [3.8, 4) is 0 Å². The number of nitrogens with two attached hydrogens (primary N) is 1. The maximum atomic E-state index is 10.8. The normalized spacial score (nSPS) is 37.7. The quantitative estimate of drug-likeness (QED) is 0.809. The van der Waals surface area contributed by atoms with Gasteiger partial charge < -0.3 is 10.8 Å². The van der Waals surface area contributed by atoms with Crippen molar-refractivity contribution in [2.24, 2.45) is 22.5 Å². The van der Waals surface area contributed by atoms with Gasteiger partial charge in [-0.1, -0.05) is 52.4 Å². The van der Waals surface area contributed by atoms with Crippen LogP contribution in [0.15, 0.2) is 0 Å². The standard InChI is InChI=1S/C16H31NO/c1-15(2)9-6-10-16(12-17,14(15)18)11-13-7-4-3-5-8-13/h13-14,18H,3-12,17H2,1-2H3. The average molecular weight is 253 g/mol. The summed E-state index contributed by atoms with van der Waals surface area (Å²) in [5.41, 5.74) is 6.16. The fourth-order valence-corrected chi connectivity index (χ4v) is 4.48. The van der Waals surface area contributed by atoms with Crippen molar-refractivity contribution < 1.29 is 5.11 Å². The molecule has 0 radical (unpaired) electrons. The molecule has 3 N–H and O–H groups in total. The van der Waals surface area contributed by atoms with Crippen molar-refractivity contribution in [3.63, 3.8) is 0 Å². The molecule has 0 heterocycles. The van der Waals surface area contributed by atoms with Crippen molar-refractivity contribution in [1.29, 1.82) is 0 Å². The summed E-state index contributed by atoms with van der Waals surface area (Å²) in [5, 5.41) is 10.8. The first-order valence-electron chi connectivity index (χ1n) is 7.88. The first-order valence-corrected chi connectivity index (χ1v) is 7.88. The van der Waals surface area contributed by atoms with Crippen LogP contribution in [-0.2, 0) is 0 Å². The molecule has 0 saturated heterocycles. The zero-order valence-electron chi connectivity index (χ0n) is 12.3. The minimum absolute atomic E-state index is 0.00373. The van der Waals surface area contributed by atoms with Crippen LogP contribution in [0.3, 0.4) is 0 Å². The van der Waals surface area contributed by atoms with E-state index in [4.69, 9.17) is 5.73 Å². The molecule has 0 amide bonds. The van der Waals surface area contributed by atoms with Gasteiger partial charge in [0.1, 0.15) is 0 Å². The first-order chi connectivity index (χ1) is 8.50. The number of aliphatic hydroxyl groups excluding tert-OH is 1. The fourth-order valence-electron chi connectivity index (χ4n) is 4.48. The third-order valence-corrected chi connectivity index (χ3v) is 5.64. The molecule has 2 atom stereocenters. The van der Waals surface area contributed by atoms with Crippen LogP contribution in [0.4, 0.5) is 0 Å². The van der Waals surface area contributed by atoms with Gasteiger partial charge in [0.15, 0.2) is 0 Å². The smallest absolute Gasteiger partial charge is 0.0659 e. The molecule has 0 aromatic heterocycles. The molecule has 2 unspecified atom stereocenters. The Bertz CT molecular complexity index is 270. The van der Waals surface area contributed by atoms with E-state index in [9.17, 15) is 5.11 Å².